The first-order valence-electron chi connectivity index (χ1n) is 8.55. The summed E-state index contributed by atoms with van der Waals surface area (Å²) in [6.07, 6.45) is 2.84. The molecule has 2 aromatic carbocycles. The number of benzene rings is 2. The van der Waals surface area contributed by atoms with Crippen LogP contribution in [-0.2, 0) is 0 Å². The lowest BCUT2D eigenvalue weighted by molar-refractivity contribution is 0.520. The lowest BCUT2D eigenvalue weighted by atomic mass is 9.68. The molecule has 0 spiro atoms. The van der Waals surface area contributed by atoms with Gasteiger partial charge in [0.05, 0.1) is 12.1 Å². The molecule has 2 atom stereocenters. The number of fused-ring (bicyclic) bond motifs is 1. The zero-order chi connectivity index (χ0) is 18.7. The molecule has 130 valence electrons. The highest BCUT2D eigenvalue weighted by Crippen LogP contribution is 2.48. The molecule has 0 radical (unpaired) electrons. The summed E-state index contributed by atoms with van der Waals surface area (Å²) in [4.78, 5) is 1.99. The van der Waals surface area contributed by atoms with Crippen molar-refractivity contribution in [2.75, 3.05) is 14.1 Å². The second kappa shape index (κ2) is 7.65. The molecule has 4 heteroatoms. The minimum Gasteiger partial charge on any atom is -0.384 e. The van der Waals surface area contributed by atoms with Gasteiger partial charge in [0.15, 0.2) is 0 Å². The molecule has 3 rings (SSSR count). The Hall–Kier alpha value is -2.75. The Morgan fingerprint density at radius 3 is 2.23 bits per heavy atom. The lowest BCUT2D eigenvalue weighted by Crippen LogP contribution is -2.24. The van der Waals surface area contributed by atoms with Crippen LogP contribution in [0.2, 0.25) is 5.02 Å². The first-order valence-corrected chi connectivity index (χ1v) is 8.93. The molecule has 26 heavy (non-hydrogen) atoms. The van der Waals surface area contributed by atoms with E-state index in [1.807, 2.05) is 49.3 Å². The van der Waals surface area contributed by atoms with Gasteiger partial charge in [0.2, 0.25) is 0 Å². The van der Waals surface area contributed by atoms with E-state index in [2.05, 4.69) is 36.5 Å². The Balaban J connectivity index is 2.18. The summed E-state index contributed by atoms with van der Waals surface area (Å²) in [5, 5.41) is 19.8. The highest BCUT2D eigenvalue weighted by molar-refractivity contribution is 6.30. The molecule has 0 saturated heterocycles. The topological polar surface area (TPSA) is 50.8 Å². The first-order chi connectivity index (χ1) is 12.5. The summed E-state index contributed by atoms with van der Waals surface area (Å²) in [6.45, 7) is 0. The molecule has 2 aromatic rings. The molecule has 0 N–H and O–H groups in total. The Bertz CT molecular complexity index is 886. The number of nitrogens with zero attached hydrogens (tertiary/aromatic N) is 3. The summed E-state index contributed by atoms with van der Waals surface area (Å²) >= 11 is 6.06. The van der Waals surface area contributed by atoms with Crippen molar-refractivity contribution in [3.05, 3.63) is 82.0 Å². The van der Waals surface area contributed by atoms with E-state index in [0.717, 1.165) is 17.6 Å². The molecule has 0 amide bonds. The van der Waals surface area contributed by atoms with Crippen LogP contribution >= 0.6 is 11.6 Å². The second-order valence-corrected chi connectivity index (χ2v) is 7.25. The molecule has 0 aliphatic heterocycles. The van der Waals surface area contributed by atoms with E-state index in [9.17, 15) is 10.5 Å². The van der Waals surface area contributed by atoms with E-state index in [-0.39, 0.29) is 11.8 Å². The number of hydrogen-bond donors (Lipinski definition) is 0. The smallest absolute Gasteiger partial charge is 0.143 e. The fourth-order valence-corrected chi connectivity index (χ4v) is 3.94. The normalized spacial score (nSPS) is 20.3. The number of rotatable bonds is 3. The van der Waals surface area contributed by atoms with Gasteiger partial charge in [-0.2, -0.15) is 10.5 Å². The number of nitriles is 2. The molecular weight excluding hydrogens is 342 g/mol. The fraction of sp³-hybridized carbons (Fsp3) is 0.273. The van der Waals surface area contributed by atoms with Crippen molar-refractivity contribution in [3.63, 3.8) is 0 Å². The van der Waals surface area contributed by atoms with Gasteiger partial charge in [-0.15, -0.1) is 0 Å². The van der Waals surface area contributed by atoms with Gasteiger partial charge < -0.3 is 4.90 Å². The third-order valence-electron chi connectivity index (χ3n) is 4.85. The summed E-state index contributed by atoms with van der Waals surface area (Å²) in [6, 6.07) is 20.5. The number of halogens is 1. The second-order valence-electron chi connectivity index (χ2n) is 6.82. The van der Waals surface area contributed by atoms with Crippen LogP contribution in [0.4, 0.5) is 0 Å². The quantitative estimate of drug-likeness (QED) is 0.767. The largest absolute Gasteiger partial charge is 0.384 e. The van der Waals surface area contributed by atoms with Crippen molar-refractivity contribution < 1.29 is 0 Å². The van der Waals surface area contributed by atoms with Crippen LogP contribution in [-0.4, -0.2) is 19.0 Å². The molecule has 0 aromatic heterocycles. The van der Waals surface area contributed by atoms with Gasteiger partial charge in [-0.05, 0) is 47.0 Å². The van der Waals surface area contributed by atoms with Crippen LogP contribution in [0.15, 0.2) is 60.3 Å². The third kappa shape index (κ3) is 3.45. The molecule has 1 aliphatic carbocycles. The van der Waals surface area contributed by atoms with E-state index in [1.165, 1.54) is 11.1 Å². The van der Waals surface area contributed by atoms with E-state index >= 15 is 0 Å². The van der Waals surface area contributed by atoms with Gasteiger partial charge in [-0.25, -0.2) is 0 Å². The molecule has 1 aliphatic rings. The van der Waals surface area contributed by atoms with E-state index in [1.54, 1.807) is 0 Å². The van der Waals surface area contributed by atoms with Crippen LogP contribution in [0, 0.1) is 28.6 Å². The summed E-state index contributed by atoms with van der Waals surface area (Å²) in [7, 11) is 3.94. The Labute approximate surface area is 159 Å². The van der Waals surface area contributed by atoms with Crippen LogP contribution in [0.25, 0.3) is 0 Å². The highest BCUT2D eigenvalue weighted by Gasteiger charge is 2.36. The van der Waals surface area contributed by atoms with E-state index in [0.29, 0.717) is 5.02 Å². The van der Waals surface area contributed by atoms with Gasteiger partial charge in [-0.3, -0.25) is 0 Å². The summed E-state index contributed by atoms with van der Waals surface area (Å²) < 4.78 is 0. The van der Waals surface area contributed by atoms with E-state index in [4.69, 9.17) is 11.6 Å². The van der Waals surface area contributed by atoms with Crippen molar-refractivity contribution in [2.24, 2.45) is 5.92 Å². The first kappa shape index (κ1) is 18.1. The van der Waals surface area contributed by atoms with Crippen LogP contribution in [0.3, 0.4) is 0 Å². The summed E-state index contributed by atoms with van der Waals surface area (Å²) in [5.41, 5.74) is 4.56. The molecule has 0 saturated carbocycles. The Kier molecular flexibility index (Phi) is 5.31. The maximum atomic E-state index is 9.54. The lowest BCUT2D eigenvalue weighted by Gasteiger charge is -2.35. The molecule has 2 unspecified atom stereocenters. The zero-order valence-corrected chi connectivity index (χ0v) is 15.6. The minimum absolute atomic E-state index is 0.184. The summed E-state index contributed by atoms with van der Waals surface area (Å²) in [5.74, 6) is -0.718. The van der Waals surface area contributed by atoms with Gasteiger partial charge >= 0.3 is 0 Å². The predicted molar refractivity (Wildman–Crippen MR) is 104 cm³/mol. The van der Waals surface area contributed by atoms with Gasteiger partial charge in [0.1, 0.15) is 5.92 Å². The Morgan fingerprint density at radius 2 is 1.65 bits per heavy atom. The molecule has 0 bridgehead atoms. The molecular formula is C22H20ClN3. The molecule has 0 heterocycles. The maximum Gasteiger partial charge on any atom is 0.143 e. The highest BCUT2D eigenvalue weighted by atomic mass is 35.5. The predicted octanol–water partition coefficient (Wildman–Crippen LogP) is 5.07. The molecule has 0 fully saturated rings. The van der Waals surface area contributed by atoms with Crippen molar-refractivity contribution in [3.8, 4) is 12.1 Å². The van der Waals surface area contributed by atoms with Crippen molar-refractivity contribution in [1.82, 2.24) is 4.90 Å². The van der Waals surface area contributed by atoms with Crippen LogP contribution < -0.4 is 0 Å². The minimum atomic E-state index is -0.700. The average Bonchev–Trinajstić information content (AvgIpc) is 2.64. The van der Waals surface area contributed by atoms with Crippen molar-refractivity contribution >= 4 is 11.6 Å². The van der Waals surface area contributed by atoms with Gasteiger partial charge in [0, 0.05) is 31.0 Å². The number of hydrogen-bond acceptors (Lipinski definition) is 3. The van der Waals surface area contributed by atoms with Crippen LogP contribution in [0.5, 0.6) is 0 Å². The fourth-order valence-electron chi connectivity index (χ4n) is 3.81. The standard InChI is InChI=1S/C22H20ClN3/c1-26(2)14-16-11-21(15-7-9-18(23)10-8-15)19-5-3-4-6-20(19)22(16)17(12-24)13-25/h3-10,14,17,21-22H,11H2,1-2H3/b16-14-. The SMILES string of the molecule is CN(C)/C=C1/CC(c2ccc(Cl)cc2)c2ccccc2C1C(C#N)C#N. The Morgan fingerprint density at radius 1 is 1.04 bits per heavy atom. The van der Waals surface area contributed by atoms with Crippen molar-refractivity contribution in [2.45, 2.75) is 18.3 Å². The third-order valence-corrected chi connectivity index (χ3v) is 5.11. The number of allylic oxidation sites excluding steroid dienone is 1. The van der Waals surface area contributed by atoms with Crippen LogP contribution in [0.1, 0.15) is 34.9 Å². The van der Waals surface area contributed by atoms with Gasteiger partial charge in [-0.1, -0.05) is 48.0 Å². The monoisotopic (exact) mass is 361 g/mol. The maximum absolute atomic E-state index is 9.54. The average molecular weight is 362 g/mol. The van der Waals surface area contributed by atoms with Crippen molar-refractivity contribution in [1.29, 1.82) is 10.5 Å². The zero-order valence-electron chi connectivity index (χ0n) is 14.9. The van der Waals surface area contributed by atoms with Gasteiger partial charge in [0.25, 0.3) is 0 Å². The molecule has 3 nitrogen and oxygen atoms in total. The van der Waals surface area contributed by atoms with E-state index < -0.39 is 5.92 Å².